The molecule has 3 aromatic heterocycles. The number of carbonyl (C=O) groups excluding carboxylic acids is 1. The predicted octanol–water partition coefficient (Wildman–Crippen LogP) is 1.49. The lowest BCUT2D eigenvalue weighted by Gasteiger charge is -2.32. The summed E-state index contributed by atoms with van der Waals surface area (Å²) in [6.45, 7) is 6.71. The van der Waals surface area contributed by atoms with Gasteiger partial charge in [-0.25, -0.2) is 4.52 Å². The number of methoxy groups -OCH3 is 1. The minimum Gasteiger partial charge on any atom is -0.494 e. The van der Waals surface area contributed by atoms with E-state index in [9.17, 15) is 4.79 Å². The largest absolute Gasteiger partial charge is 0.494 e. The molecule has 0 aliphatic carbocycles. The van der Waals surface area contributed by atoms with E-state index in [0.29, 0.717) is 23.2 Å². The molecular formula is C19H23N7O2. The lowest BCUT2D eigenvalue weighted by molar-refractivity contribution is 0.102. The van der Waals surface area contributed by atoms with Crippen molar-refractivity contribution in [2.24, 2.45) is 0 Å². The van der Waals surface area contributed by atoms with E-state index in [4.69, 9.17) is 4.74 Å². The van der Waals surface area contributed by atoms with Crippen molar-refractivity contribution in [2.75, 3.05) is 37.0 Å². The van der Waals surface area contributed by atoms with Crippen LogP contribution in [0, 0.1) is 6.92 Å². The van der Waals surface area contributed by atoms with Crippen LogP contribution in [0.1, 0.15) is 23.0 Å². The number of nitrogens with one attached hydrogen (secondary N) is 2. The van der Waals surface area contributed by atoms with Gasteiger partial charge in [-0.15, -0.1) is 10.2 Å². The summed E-state index contributed by atoms with van der Waals surface area (Å²) >= 11 is 0. The minimum absolute atomic E-state index is 0.309. The van der Waals surface area contributed by atoms with E-state index in [-0.39, 0.29) is 5.91 Å². The van der Waals surface area contributed by atoms with Gasteiger partial charge in [0, 0.05) is 25.7 Å². The van der Waals surface area contributed by atoms with Gasteiger partial charge in [0.15, 0.2) is 11.6 Å². The smallest absolute Gasteiger partial charge is 0.260 e. The summed E-state index contributed by atoms with van der Waals surface area (Å²) in [7, 11) is 1.53. The third kappa shape index (κ3) is 3.61. The SMILES string of the molecule is COc1cn2nc(C)cc2cc1C(=O)Nc1ccc(N2CCN[C@@H](C)C2)nn1. The minimum atomic E-state index is -0.309. The average molecular weight is 381 g/mol. The molecule has 3 aromatic rings. The Labute approximate surface area is 162 Å². The molecule has 1 fully saturated rings. The Kier molecular flexibility index (Phi) is 4.82. The van der Waals surface area contributed by atoms with Gasteiger partial charge in [0.25, 0.3) is 5.91 Å². The van der Waals surface area contributed by atoms with E-state index in [1.165, 1.54) is 7.11 Å². The standard InChI is InChI=1S/C19H23N7O2/c1-12-8-14-9-15(16(28-3)11-26(14)24-12)19(27)21-17-4-5-18(23-22-17)25-7-6-20-13(2)10-25/h4-5,8-9,11,13,20H,6-7,10H2,1-3H3,(H,21,22,27)/t13-/m0/s1. The predicted molar refractivity (Wildman–Crippen MR) is 106 cm³/mol. The number of hydrogen-bond donors (Lipinski definition) is 2. The van der Waals surface area contributed by atoms with Gasteiger partial charge in [-0.3, -0.25) is 4.79 Å². The summed E-state index contributed by atoms with van der Waals surface area (Å²) in [4.78, 5) is 14.9. The second kappa shape index (κ2) is 7.43. The van der Waals surface area contributed by atoms with Gasteiger partial charge in [-0.2, -0.15) is 5.10 Å². The zero-order valence-electron chi connectivity index (χ0n) is 16.1. The molecule has 4 rings (SSSR count). The summed E-state index contributed by atoms with van der Waals surface area (Å²) in [5, 5.41) is 19.0. The molecule has 28 heavy (non-hydrogen) atoms. The Morgan fingerprint density at radius 2 is 2.18 bits per heavy atom. The zero-order chi connectivity index (χ0) is 19.7. The molecule has 0 aromatic carbocycles. The van der Waals surface area contributed by atoms with Crippen molar-refractivity contribution in [1.29, 1.82) is 0 Å². The van der Waals surface area contributed by atoms with Crippen LogP contribution >= 0.6 is 0 Å². The van der Waals surface area contributed by atoms with Gasteiger partial charge < -0.3 is 20.3 Å². The lowest BCUT2D eigenvalue weighted by Crippen LogP contribution is -2.49. The number of anilines is 2. The normalized spacial score (nSPS) is 17.0. The quantitative estimate of drug-likeness (QED) is 0.707. The van der Waals surface area contributed by atoms with E-state index < -0.39 is 0 Å². The number of aromatic nitrogens is 4. The second-order valence-corrected chi connectivity index (χ2v) is 6.94. The number of pyridine rings is 1. The van der Waals surface area contributed by atoms with Crippen LogP contribution < -0.4 is 20.3 Å². The van der Waals surface area contributed by atoms with Crippen molar-refractivity contribution in [3.63, 3.8) is 0 Å². The molecule has 0 radical (unpaired) electrons. The van der Waals surface area contributed by atoms with Gasteiger partial charge in [0.2, 0.25) is 0 Å². The van der Waals surface area contributed by atoms with Gasteiger partial charge in [0.05, 0.1) is 30.1 Å². The van der Waals surface area contributed by atoms with Gasteiger partial charge in [-0.1, -0.05) is 0 Å². The molecule has 1 aliphatic rings. The van der Waals surface area contributed by atoms with E-state index in [1.54, 1.807) is 22.8 Å². The van der Waals surface area contributed by atoms with Crippen molar-refractivity contribution in [2.45, 2.75) is 19.9 Å². The van der Waals surface area contributed by atoms with E-state index in [0.717, 1.165) is 36.7 Å². The molecule has 4 heterocycles. The maximum absolute atomic E-state index is 12.8. The Balaban J connectivity index is 1.52. The highest BCUT2D eigenvalue weighted by molar-refractivity contribution is 6.06. The Morgan fingerprint density at radius 1 is 1.32 bits per heavy atom. The fraction of sp³-hybridized carbons (Fsp3) is 0.368. The highest BCUT2D eigenvalue weighted by Gasteiger charge is 2.18. The molecule has 0 saturated carbocycles. The van der Waals surface area contributed by atoms with Crippen molar-refractivity contribution < 1.29 is 9.53 Å². The molecule has 9 heteroatoms. The van der Waals surface area contributed by atoms with Gasteiger partial charge in [-0.05, 0) is 38.1 Å². The molecule has 0 unspecified atom stereocenters. The number of piperazine rings is 1. The summed E-state index contributed by atoms with van der Waals surface area (Å²) < 4.78 is 7.05. The summed E-state index contributed by atoms with van der Waals surface area (Å²) in [6, 6.07) is 7.70. The summed E-state index contributed by atoms with van der Waals surface area (Å²) in [5.74, 6) is 1.33. The summed E-state index contributed by atoms with van der Waals surface area (Å²) in [5.41, 5.74) is 2.10. The van der Waals surface area contributed by atoms with Crippen LogP contribution in [0.15, 0.2) is 30.5 Å². The summed E-state index contributed by atoms with van der Waals surface area (Å²) in [6.07, 6.45) is 1.69. The molecule has 1 saturated heterocycles. The highest BCUT2D eigenvalue weighted by atomic mass is 16.5. The molecule has 146 valence electrons. The van der Waals surface area contributed by atoms with Crippen LogP contribution in [0.2, 0.25) is 0 Å². The maximum Gasteiger partial charge on any atom is 0.260 e. The van der Waals surface area contributed by atoms with Crippen LogP contribution in [0.5, 0.6) is 5.75 Å². The highest BCUT2D eigenvalue weighted by Crippen LogP contribution is 2.22. The monoisotopic (exact) mass is 381 g/mol. The number of nitrogens with zero attached hydrogens (tertiary/aromatic N) is 5. The molecular weight excluding hydrogens is 358 g/mol. The van der Waals surface area contributed by atoms with Crippen LogP contribution in [0.4, 0.5) is 11.6 Å². The number of rotatable bonds is 4. The molecule has 0 spiro atoms. The van der Waals surface area contributed by atoms with E-state index >= 15 is 0 Å². The third-order valence-corrected chi connectivity index (χ3v) is 4.73. The Hall–Kier alpha value is -3.20. The first-order chi connectivity index (χ1) is 13.5. The number of carbonyl (C=O) groups is 1. The average Bonchev–Trinajstić information content (AvgIpc) is 3.06. The van der Waals surface area contributed by atoms with Crippen LogP contribution in [-0.2, 0) is 0 Å². The number of aryl methyl sites for hydroxylation is 1. The van der Waals surface area contributed by atoms with Gasteiger partial charge >= 0.3 is 0 Å². The maximum atomic E-state index is 12.8. The first-order valence-electron chi connectivity index (χ1n) is 9.21. The van der Waals surface area contributed by atoms with Crippen molar-refractivity contribution in [1.82, 2.24) is 25.1 Å². The number of ether oxygens (including phenoxy) is 1. The van der Waals surface area contributed by atoms with Gasteiger partial charge in [0.1, 0.15) is 5.75 Å². The zero-order valence-corrected chi connectivity index (χ0v) is 16.1. The molecule has 1 aliphatic heterocycles. The van der Waals surface area contributed by atoms with Crippen molar-refractivity contribution in [3.05, 3.63) is 41.7 Å². The van der Waals surface area contributed by atoms with E-state index in [2.05, 4.69) is 37.8 Å². The van der Waals surface area contributed by atoms with Crippen LogP contribution in [0.3, 0.4) is 0 Å². The second-order valence-electron chi connectivity index (χ2n) is 6.94. The number of fused-ring (bicyclic) bond motifs is 1. The number of amides is 1. The Morgan fingerprint density at radius 3 is 2.89 bits per heavy atom. The first-order valence-corrected chi connectivity index (χ1v) is 9.21. The topological polar surface area (TPSA) is 96.7 Å². The fourth-order valence-electron chi connectivity index (χ4n) is 3.37. The molecule has 9 nitrogen and oxygen atoms in total. The molecule has 1 atom stereocenters. The van der Waals surface area contributed by atoms with Crippen LogP contribution in [-0.4, -0.2) is 58.5 Å². The van der Waals surface area contributed by atoms with E-state index in [1.807, 2.05) is 19.1 Å². The first kappa shape index (κ1) is 18.2. The molecule has 2 N–H and O–H groups in total. The lowest BCUT2D eigenvalue weighted by atomic mass is 10.2. The van der Waals surface area contributed by atoms with Crippen molar-refractivity contribution >= 4 is 23.1 Å². The number of hydrogen-bond acceptors (Lipinski definition) is 7. The fourth-order valence-corrected chi connectivity index (χ4v) is 3.37. The third-order valence-electron chi connectivity index (χ3n) is 4.73. The Bertz CT molecular complexity index is 999. The van der Waals surface area contributed by atoms with Crippen molar-refractivity contribution in [3.8, 4) is 5.75 Å². The molecule has 0 bridgehead atoms. The molecule has 1 amide bonds. The van der Waals surface area contributed by atoms with Crippen LogP contribution in [0.25, 0.3) is 5.52 Å².